The van der Waals surface area contributed by atoms with Gasteiger partial charge in [-0.3, -0.25) is 0 Å². The first-order valence-electron chi connectivity index (χ1n) is 5.99. The Morgan fingerprint density at radius 3 is 3.00 bits per heavy atom. The maximum absolute atomic E-state index is 11.3. The highest BCUT2D eigenvalue weighted by atomic mass is 32.1. The van der Waals surface area contributed by atoms with Crippen LogP contribution in [0.3, 0.4) is 0 Å². The molecule has 1 atom stereocenters. The van der Waals surface area contributed by atoms with Gasteiger partial charge in [-0.15, -0.1) is 0 Å². The van der Waals surface area contributed by atoms with Crippen LogP contribution < -0.4 is 15.0 Å². The van der Waals surface area contributed by atoms with E-state index in [9.17, 15) is 4.79 Å². The Kier molecular flexibility index (Phi) is 2.68. The molecule has 0 aliphatic carbocycles. The van der Waals surface area contributed by atoms with Crippen LogP contribution in [0.1, 0.15) is 25.3 Å². The van der Waals surface area contributed by atoms with Crippen LogP contribution in [0.15, 0.2) is 21.3 Å². The van der Waals surface area contributed by atoms with Gasteiger partial charge >= 0.3 is 4.94 Å². The molecule has 2 heterocycles. The number of benzene rings is 1. The molecule has 3 rings (SSSR count). The molecule has 1 aromatic heterocycles. The minimum absolute atomic E-state index is 0.0972. The van der Waals surface area contributed by atoms with Crippen LogP contribution in [0.4, 0.5) is 0 Å². The Labute approximate surface area is 109 Å². The summed E-state index contributed by atoms with van der Waals surface area (Å²) >= 11 is 1.11. The monoisotopic (exact) mass is 265 g/mol. The number of ether oxygens (including phenoxy) is 1. The van der Waals surface area contributed by atoms with Crippen LogP contribution >= 0.6 is 11.3 Å². The summed E-state index contributed by atoms with van der Waals surface area (Å²) in [6, 6.07) is 3.83. The summed E-state index contributed by atoms with van der Waals surface area (Å²) in [4.78, 5) is 11.0. The molecule has 1 unspecified atom stereocenters. The Morgan fingerprint density at radius 1 is 1.50 bits per heavy atom. The molecule has 1 saturated heterocycles. The van der Waals surface area contributed by atoms with Crippen molar-refractivity contribution in [1.82, 2.24) is 5.32 Å². The summed E-state index contributed by atoms with van der Waals surface area (Å²) in [5.74, 6) is 0.816. The van der Waals surface area contributed by atoms with E-state index in [2.05, 4.69) is 12.2 Å². The number of methoxy groups -OCH3 is 1. The summed E-state index contributed by atoms with van der Waals surface area (Å²) in [6.07, 6.45) is 2.20. The van der Waals surface area contributed by atoms with Crippen molar-refractivity contribution in [3.05, 3.63) is 27.4 Å². The Bertz CT molecular complexity index is 637. The number of rotatable bonds is 2. The summed E-state index contributed by atoms with van der Waals surface area (Å²) in [7, 11) is 1.66. The molecule has 1 fully saturated rings. The second-order valence-electron chi connectivity index (χ2n) is 4.82. The summed E-state index contributed by atoms with van der Waals surface area (Å²) in [5, 5.41) is 3.50. The quantitative estimate of drug-likeness (QED) is 0.906. The predicted molar refractivity (Wildman–Crippen MR) is 71.5 cm³/mol. The summed E-state index contributed by atoms with van der Waals surface area (Å²) in [6.45, 7) is 3.17. The lowest BCUT2D eigenvalue weighted by Gasteiger charge is -2.26. The fraction of sp³-hybridized carbons (Fsp3) is 0.462. The van der Waals surface area contributed by atoms with Crippen molar-refractivity contribution >= 4 is 21.6 Å². The van der Waals surface area contributed by atoms with E-state index in [1.54, 1.807) is 7.11 Å². The zero-order valence-electron chi connectivity index (χ0n) is 10.4. The molecule has 5 heteroatoms. The van der Waals surface area contributed by atoms with Crippen LogP contribution in [0.2, 0.25) is 0 Å². The number of fused-ring (bicyclic) bond motifs is 1. The molecule has 4 nitrogen and oxygen atoms in total. The number of hydrogen-bond acceptors (Lipinski definition) is 5. The minimum Gasteiger partial charge on any atom is -0.496 e. The standard InChI is InChI=1S/C13H15NO3S/c1-13(4-3-5-14-13)8-6-10-11(7-9(8)16-2)18-12(15)17-10/h6-7,14H,3-5H2,1-2H3. The van der Waals surface area contributed by atoms with Crippen LogP contribution in [-0.2, 0) is 5.54 Å². The second kappa shape index (κ2) is 4.10. The third-order valence-corrected chi connectivity index (χ3v) is 4.40. The van der Waals surface area contributed by atoms with Gasteiger partial charge in [0.25, 0.3) is 0 Å². The van der Waals surface area contributed by atoms with Crippen molar-refractivity contribution in [1.29, 1.82) is 0 Å². The van der Waals surface area contributed by atoms with Gasteiger partial charge in [-0.05, 0) is 32.4 Å². The van der Waals surface area contributed by atoms with Gasteiger partial charge in [0.1, 0.15) is 11.3 Å². The van der Waals surface area contributed by atoms with Gasteiger partial charge in [0, 0.05) is 17.2 Å². The van der Waals surface area contributed by atoms with E-state index < -0.39 is 0 Å². The molecule has 0 saturated carbocycles. The second-order valence-corrected chi connectivity index (χ2v) is 5.79. The Hall–Kier alpha value is -1.33. The van der Waals surface area contributed by atoms with Crippen molar-refractivity contribution in [2.45, 2.75) is 25.3 Å². The van der Waals surface area contributed by atoms with Crippen molar-refractivity contribution < 1.29 is 9.15 Å². The first-order chi connectivity index (χ1) is 8.62. The molecule has 1 aliphatic rings. The van der Waals surface area contributed by atoms with Crippen LogP contribution in [0, 0.1) is 0 Å². The highest BCUT2D eigenvalue weighted by molar-refractivity contribution is 7.16. The zero-order chi connectivity index (χ0) is 12.8. The van der Waals surface area contributed by atoms with Crippen molar-refractivity contribution in [3.8, 4) is 5.75 Å². The highest BCUT2D eigenvalue weighted by Crippen LogP contribution is 2.39. The molecule has 1 aliphatic heterocycles. The van der Waals surface area contributed by atoms with Crippen molar-refractivity contribution in [2.75, 3.05) is 13.7 Å². The molecule has 18 heavy (non-hydrogen) atoms. The Morgan fingerprint density at radius 2 is 2.33 bits per heavy atom. The average Bonchev–Trinajstić information content (AvgIpc) is 2.92. The predicted octanol–water partition coefficient (Wildman–Crippen LogP) is 2.46. The number of hydrogen-bond donors (Lipinski definition) is 1. The minimum atomic E-state index is -0.270. The molecule has 1 aromatic carbocycles. The van der Waals surface area contributed by atoms with Gasteiger partial charge in [0.05, 0.1) is 11.8 Å². The van der Waals surface area contributed by atoms with Gasteiger partial charge < -0.3 is 14.5 Å². The lowest BCUT2D eigenvalue weighted by molar-refractivity contribution is 0.371. The summed E-state index contributed by atoms with van der Waals surface area (Å²) in [5.41, 5.74) is 1.62. The van der Waals surface area contributed by atoms with Crippen LogP contribution in [0.5, 0.6) is 5.75 Å². The zero-order valence-corrected chi connectivity index (χ0v) is 11.2. The van der Waals surface area contributed by atoms with Gasteiger partial charge in [0.15, 0.2) is 0 Å². The van der Waals surface area contributed by atoms with E-state index in [0.717, 1.165) is 46.7 Å². The fourth-order valence-electron chi connectivity index (χ4n) is 2.63. The molecular formula is C13H15NO3S. The normalized spacial score (nSPS) is 23.7. The molecule has 2 aromatic rings. The number of nitrogens with one attached hydrogen (secondary N) is 1. The molecule has 0 amide bonds. The van der Waals surface area contributed by atoms with E-state index in [1.807, 2.05) is 12.1 Å². The molecule has 96 valence electrons. The maximum Gasteiger partial charge on any atom is 0.396 e. The van der Waals surface area contributed by atoms with E-state index in [1.165, 1.54) is 0 Å². The van der Waals surface area contributed by atoms with Crippen LogP contribution in [0.25, 0.3) is 10.3 Å². The molecule has 1 N–H and O–H groups in total. The van der Waals surface area contributed by atoms with E-state index >= 15 is 0 Å². The Balaban J connectivity index is 2.23. The SMILES string of the molecule is COc1cc2sc(=O)oc2cc1C1(C)CCCN1. The highest BCUT2D eigenvalue weighted by Gasteiger charge is 2.33. The first kappa shape index (κ1) is 11.7. The van der Waals surface area contributed by atoms with Crippen LogP contribution in [-0.4, -0.2) is 13.7 Å². The lowest BCUT2D eigenvalue weighted by Crippen LogP contribution is -2.33. The maximum atomic E-state index is 11.3. The van der Waals surface area contributed by atoms with E-state index in [0.29, 0.717) is 5.58 Å². The smallest absolute Gasteiger partial charge is 0.396 e. The molecule has 0 bridgehead atoms. The summed E-state index contributed by atoms with van der Waals surface area (Å²) < 4.78 is 11.5. The van der Waals surface area contributed by atoms with E-state index in [4.69, 9.17) is 9.15 Å². The molecule has 0 spiro atoms. The third kappa shape index (κ3) is 1.74. The molecule has 0 radical (unpaired) electrons. The lowest BCUT2D eigenvalue weighted by atomic mass is 9.89. The van der Waals surface area contributed by atoms with Gasteiger partial charge in [-0.25, -0.2) is 4.79 Å². The van der Waals surface area contributed by atoms with Gasteiger partial charge in [-0.1, -0.05) is 11.3 Å². The molecular weight excluding hydrogens is 250 g/mol. The fourth-order valence-corrected chi connectivity index (χ4v) is 3.30. The van der Waals surface area contributed by atoms with E-state index in [-0.39, 0.29) is 10.5 Å². The third-order valence-electron chi connectivity index (χ3n) is 3.62. The van der Waals surface area contributed by atoms with Gasteiger partial charge in [0.2, 0.25) is 0 Å². The first-order valence-corrected chi connectivity index (χ1v) is 6.81. The average molecular weight is 265 g/mol. The van der Waals surface area contributed by atoms with Crippen molar-refractivity contribution in [2.24, 2.45) is 0 Å². The largest absolute Gasteiger partial charge is 0.496 e. The topological polar surface area (TPSA) is 51.5 Å². The van der Waals surface area contributed by atoms with Crippen molar-refractivity contribution in [3.63, 3.8) is 0 Å². The van der Waals surface area contributed by atoms with Gasteiger partial charge in [-0.2, -0.15) is 0 Å².